The van der Waals surface area contributed by atoms with Gasteiger partial charge in [0.25, 0.3) is 0 Å². The van der Waals surface area contributed by atoms with Crippen LogP contribution in [0.25, 0.3) is 0 Å². The summed E-state index contributed by atoms with van der Waals surface area (Å²) in [5, 5.41) is 0. The van der Waals surface area contributed by atoms with Crippen molar-refractivity contribution in [2.45, 2.75) is 105 Å². The van der Waals surface area contributed by atoms with Gasteiger partial charge in [-0.3, -0.25) is 4.79 Å². The minimum atomic E-state index is -0.557. The largest absolute Gasteiger partial charge is 0.487 e. The summed E-state index contributed by atoms with van der Waals surface area (Å²) in [6.45, 7) is 19.1. The van der Waals surface area contributed by atoms with E-state index >= 15 is 0 Å². The molecule has 2 aliphatic rings. The fourth-order valence-corrected chi connectivity index (χ4v) is 5.04. The second-order valence-corrected chi connectivity index (χ2v) is 11.6. The van der Waals surface area contributed by atoms with Crippen molar-refractivity contribution in [2.75, 3.05) is 0 Å². The minimum absolute atomic E-state index is 0.0145. The van der Waals surface area contributed by atoms with E-state index in [0.717, 1.165) is 37.0 Å². The molecule has 0 bridgehead atoms. The first-order valence-electron chi connectivity index (χ1n) is 11.5. The maximum Gasteiger partial charge on any atom is 0.316 e. The summed E-state index contributed by atoms with van der Waals surface area (Å²) < 4.78 is 12.7. The molecule has 3 rings (SSSR count). The number of rotatable bonds is 4. The number of hydrogen-bond acceptors (Lipinski definition) is 3. The fourth-order valence-electron chi connectivity index (χ4n) is 5.04. The van der Waals surface area contributed by atoms with E-state index in [2.05, 4.69) is 59.8 Å². The highest BCUT2D eigenvalue weighted by atomic mass is 16.5. The standard InChI is InChI=1S/C27H40O3/c1-10-13-26(6,7)18-15-21(29-24(28)25(3,4)5)23-19-14-17(2)11-12-20(19)27(8,9)30-22(23)16-18/h11,15-16,19-20H,10,12-14H2,1-9H3/t19-,20?/m1/s1. The van der Waals surface area contributed by atoms with E-state index in [1.54, 1.807) is 0 Å². The number of benzene rings is 1. The van der Waals surface area contributed by atoms with Crippen LogP contribution >= 0.6 is 0 Å². The highest BCUT2D eigenvalue weighted by Crippen LogP contribution is 2.55. The summed E-state index contributed by atoms with van der Waals surface area (Å²) in [5.74, 6) is 2.08. The Morgan fingerprint density at radius 2 is 1.87 bits per heavy atom. The van der Waals surface area contributed by atoms with E-state index in [1.165, 1.54) is 11.1 Å². The maximum atomic E-state index is 12.9. The lowest BCUT2D eigenvalue weighted by molar-refractivity contribution is -0.143. The Morgan fingerprint density at radius 1 is 1.20 bits per heavy atom. The SMILES string of the molecule is CCCC(C)(C)c1cc(OC(=O)C(C)(C)C)c2c(c1)OC(C)(C)C1CC=C(C)C[C@@H]21. The van der Waals surface area contributed by atoms with Crippen molar-refractivity contribution in [3.8, 4) is 11.5 Å². The molecule has 0 aromatic heterocycles. The van der Waals surface area contributed by atoms with Crippen molar-refractivity contribution in [2.24, 2.45) is 11.3 Å². The number of hydrogen-bond donors (Lipinski definition) is 0. The van der Waals surface area contributed by atoms with E-state index in [4.69, 9.17) is 9.47 Å². The molecule has 0 radical (unpaired) electrons. The van der Waals surface area contributed by atoms with Crippen molar-refractivity contribution in [1.82, 2.24) is 0 Å². The molecule has 3 nitrogen and oxygen atoms in total. The van der Waals surface area contributed by atoms with E-state index in [0.29, 0.717) is 17.6 Å². The summed E-state index contributed by atoms with van der Waals surface area (Å²) in [7, 11) is 0. The fraction of sp³-hybridized carbons (Fsp3) is 0.667. The van der Waals surface area contributed by atoms with E-state index in [-0.39, 0.29) is 17.0 Å². The summed E-state index contributed by atoms with van der Waals surface area (Å²) in [5.41, 5.74) is 2.84. The van der Waals surface area contributed by atoms with Gasteiger partial charge in [-0.05, 0) is 83.9 Å². The van der Waals surface area contributed by atoms with Crippen LogP contribution in [0.15, 0.2) is 23.8 Å². The van der Waals surface area contributed by atoms with Gasteiger partial charge in [0.2, 0.25) is 0 Å². The predicted octanol–water partition coefficient (Wildman–Crippen LogP) is 7.33. The first-order valence-corrected chi connectivity index (χ1v) is 11.5. The number of esters is 1. The summed E-state index contributed by atoms with van der Waals surface area (Å²) >= 11 is 0. The first-order chi connectivity index (χ1) is 13.8. The van der Waals surface area contributed by atoms with Gasteiger partial charge in [-0.1, -0.05) is 38.8 Å². The van der Waals surface area contributed by atoms with Crippen LogP contribution in [-0.4, -0.2) is 11.6 Å². The average Bonchev–Trinajstić information content (AvgIpc) is 2.59. The van der Waals surface area contributed by atoms with Crippen LogP contribution in [0.5, 0.6) is 11.5 Å². The second-order valence-electron chi connectivity index (χ2n) is 11.6. The van der Waals surface area contributed by atoms with E-state index < -0.39 is 5.41 Å². The molecule has 1 aliphatic heterocycles. The number of ether oxygens (including phenoxy) is 2. The predicted molar refractivity (Wildman–Crippen MR) is 123 cm³/mol. The molecule has 0 amide bonds. The van der Waals surface area contributed by atoms with Crippen LogP contribution in [0.3, 0.4) is 0 Å². The Balaban J connectivity index is 2.19. The lowest BCUT2D eigenvalue weighted by Crippen LogP contribution is -2.45. The summed E-state index contributed by atoms with van der Waals surface area (Å²) in [6, 6.07) is 4.33. The average molecular weight is 413 g/mol. The molecule has 1 unspecified atom stereocenters. The lowest BCUT2D eigenvalue weighted by atomic mass is 9.66. The number of carbonyl (C=O) groups excluding carboxylic acids is 1. The van der Waals surface area contributed by atoms with Gasteiger partial charge in [0.1, 0.15) is 17.1 Å². The smallest absolute Gasteiger partial charge is 0.316 e. The van der Waals surface area contributed by atoms with Gasteiger partial charge in [0.15, 0.2) is 0 Å². The zero-order valence-corrected chi connectivity index (χ0v) is 20.4. The molecule has 30 heavy (non-hydrogen) atoms. The van der Waals surface area contributed by atoms with Gasteiger partial charge in [-0.15, -0.1) is 0 Å². The maximum absolute atomic E-state index is 12.9. The molecule has 1 aliphatic carbocycles. The highest BCUT2D eigenvalue weighted by Gasteiger charge is 2.46. The van der Waals surface area contributed by atoms with Crippen molar-refractivity contribution in [3.63, 3.8) is 0 Å². The Bertz CT molecular complexity index is 852. The topological polar surface area (TPSA) is 35.5 Å². The van der Waals surface area contributed by atoms with E-state index in [9.17, 15) is 4.79 Å². The quantitative estimate of drug-likeness (QED) is 0.295. The number of allylic oxidation sites excluding steroid dienone is 2. The third-order valence-corrected chi connectivity index (χ3v) is 6.96. The third-order valence-electron chi connectivity index (χ3n) is 6.96. The van der Waals surface area contributed by atoms with Gasteiger partial charge in [-0.2, -0.15) is 0 Å². The summed E-state index contributed by atoms with van der Waals surface area (Å²) in [4.78, 5) is 12.9. The lowest BCUT2D eigenvalue weighted by Gasteiger charge is -2.47. The molecule has 1 heterocycles. The van der Waals surface area contributed by atoms with Crippen LogP contribution in [0.2, 0.25) is 0 Å². The van der Waals surface area contributed by atoms with Gasteiger partial charge < -0.3 is 9.47 Å². The highest BCUT2D eigenvalue weighted by molar-refractivity contribution is 5.78. The van der Waals surface area contributed by atoms with Crippen molar-refractivity contribution in [3.05, 3.63) is 34.9 Å². The van der Waals surface area contributed by atoms with Crippen LogP contribution in [0.1, 0.15) is 105 Å². The van der Waals surface area contributed by atoms with Crippen molar-refractivity contribution < 1.29 is 14.3 Å². The van der Waals surface area contributed by atoms with Gasteiger partial charge >= 0.3 is 5.97 Å². The Labute approximate surface area is 183 Å². The third kappa shape index (κ3) is 4.31. The van der Waals surface area contributed by atoms with Gasteiger partial charge in [0.05, 0.1) is 5.41 Å². The molecule has 0 saturated carbocycles. The summed E-state index contributed by atoms with van der Waals surface area (Å²) in [6.07, 6.45) is 6.50. The van der Waals surface area contributed by atoms with E-state index in [1.807, 2.05) is 20.8 Å². The van der Waals surface area contributed by atoms with Crippen molar-refractivity contribution >= 4 is 5.97 Å². The van der Waals surface area contributed by atoms with Crippen LogP contribution in [0, 0.1) is 11.3 Å². The van der Waals surface area contributed by atoms with Crippen LogP contribution < -0.4 is 9.47 Å². The first kappa shape index (κ1) is 22.9. The molecule has 1 aromatic rings. The number of carbonyl (C=O) groups is 1. The second kappa shape index (κ2) is 7.73. The van der Waals surface area contributed by atoms with Crippen LogP contribution in [-0.2, 0) is 10.2 Å². The Morgan fingerprint density at radius 3 is 2.47 bits per heavy atom. The molecule has 1 aromatic carbocycles. The molecule has 0 spiro atoms. The molecule has 0 saturated heterocycles. The Hall–Kier alpha value is -1.77. The minimum Gasteiger partial charge on any atom is -0.487 e. The molecule has 2 atom stereocenters. The molecule has 166 valence electrons. The molecular weight excluding hydrogens is 372 g/mol. The monoisotopic (exact) mass is 412 g/mol. The number of fused-ring (bicyclic) bond motifs is 3. The zero-order valence-electron chi connectivity index (χ0n) is 20.4. The molecule has 0 fully saturated rings. The van der Waals surface area contributed by atoms with Crippen LogP contribution in [0.4, 0.5) is 0 Å². The zero-order chi connectivity index (χ0) is 22.5. The van der Waals surface area contributed by atoms with Crippen molar-refractivity contribution in [1.29, 1.82) is 0 Å². The molecule has 3 heteroatoms. The normalized spacial score (nSPS) is 23.0. The Kier molecular flexibility index (Phi) is 5.90. The molecule has 0 N–H and O–H groups in total. The van der Waals surface area contributed by atoms with Gasteiger partial charge in [-0.25, -0.2) is 0 Å². The molecular formula is C27H40O3. The van der Waals surface area contributed by atoms with Gasteiger partial charge in [0, 0.05) is 17.4 Å².